The number of hydrogen-bond donors (Lipinski definition) is 1. The van der Waals surface area contributed by atoms with Gasteiger partial charge in [-0.15, -0.1) is 0 Å². The monoisotopic (exact) mass is 210 g/mol. The average molecular weight is 210 g/mol. The van der Waals surface area contributed by atoms with Crippen LogP contribution in [0, 0.1) is 5.41 Å². The summed E-state index contributed by atoms with van der Waals surface area (Å²) in [7, 11) is 1.32. The highest BCUT2D eigenvalue weighted by Crippen LogP contribution is 2.33. The van der Waals surface area contributed by atoms with Gasteiger partial charge in [-0.05, 0) is 31.3 Å². The number of hydrazone groups is 1. The van der Waals surface area contributed by atoms with Crippen molar-refractivity contribution in [1.29, 1.82) is 0 Å². The molecule has 1 N–H and O–H groups in total. The first-order valence-corrected chi connectivity index (χ1v) is 5.01. The number of methoxy groups -OCH3 is 1. The van der Waals surface area contributed by atoms with E-state index in [-0.39, 0.29) is 5.41 Å². The highest BCUT2D eigenvalue weighted by atomic mass is 16.5. The smallest absolute Gasteiger partial charge is 0.427 e. The zero-order valence-electron chi connectivity index (χ0n) is 9.76. The van der Waals surface area contributed by atoms with Crippen molar-refractivity contribution in [3.63, 3.8) is 0 Å². The second-order valence-electron chi connectivity index (χ2n) is 4.71. The van der Waals surface area contributed by atoms with Gasteiger partial charge in [-0.25, -0.2) is 10.2 Å². The van der Waals surface area contributed by atoms with Crippen LogP contribution >= 0.6 is 0 Å². The quantitative estimate of drug-likeness (QED) is 0.676. The van der Waals surface area contributed by atoms with Crippen LogP contribution in [-0.4, -0.2) is 18.9 Å². The molecule has 0 radical (unpaired) electrons. The fourth-order valence-electron chi connectivity index (χ4n) is 1.93. The molecule has 0 saturated heterocycles. The number of rotatable bonds is 1. The van der Waals surface area contributed by atoms with Crippen LogP contribution in [0.25, 0.3) is 0 Å². The minimum atomic E-state index is -0.531. The third-order valence-corrected chi connectivity index (χ3v) is 2.31. The van der Waals surface area contributed by atoms with Crippen LogP contribution in [0.3, 0.4) is 0 Å². The molecular weight excluding hydrogens is 192 g/mol. The number of nitrogens with zero attached hydrogens (tertiary/aromatic N) is 1. The number of hydrogen-bond acceptors (Lipinski definition) is 3. The van der Waals surface area contributed by atoms with Crippen LogP contribution in [0.5, 0.6) is 0 Å². The second-order valence-corrected chi connectivity index (χ2v) is 4.71. The van der Waals surface area contributed by atoms with Crippen molar-refractivity contribution in [2.24, 2.45) is 10.5 Å². The van der Waals surface area contributed by atoms with Gasteiger partial charge in [-0.2, -0.15) is 5.10 Å². The van der Waals surface area contributed by atoms with Crippen molar-refractivity contribution in [3.05, 3.63) is 11.6 Å². The van der Waals surface area contributed by atoms with E-state index < -0.39 is 6.09 Å². The molecule has 1 aliphatic carbocycles. The van der Waals surface area contributed by atoms with Gasteiger partial charge in [0.15, 0.2) is 0 Å². The number of allylic oxidation sites excluding steroid dienone is 2. The third kappa shape index (κ3) is 3.73. The molecule has 0 atom stereocenters. The topological polar surface area (TPSA) is 50.7 Å². The maximum atomic E-state index is 10.8. The molecule has 0 aromatic carbocycles. The minimum absolute atomic E-state index is 0.218. The van der Waals surface area contributed by atoms with Gasteiger partial charge in [0, 0.05) is 0 Å². The van der Waals surface area contributed by atoms with Crippen LogP contribution < -0.4 is 5.43 Å². The van der Waals surface area contributed by atoms with E-state index >= 15 is 0 Å². The van der Waals surface area contributed by atoms with E-state index in [0.29, 0.717) is 0 Å². The molecule has 0 aromatic rings. The molecule has 0 unspecified atom stereocenters. The van der Waals surface area contributed by atoms with E-state index in [4.69, 9.17) is 0 Å². The van der Waals surface area contributed by atoms with Crippen molar-refractivity contribution >= 4 is 11.8 Å². The lowest BCUT2D eigenvalue weighted by Gasteiger charge is -2.29. The molecule has 0 aromatic heterocycles. The molecule has 0 saturated carbocycles. The largest absolute Gasteiger partial charge is 0.452 e. The van der Waals surface area contributed by atoms with Gasteiger partial charge in [0.05, 0.1) is 12.8 Å². The average Bonchev–Trinajstić information content (AvgIpc) is 2.11. The Kier molecular flexibility index (Phi) is 3.50. The van der Waals surface area contributed by atoms with Crippen LogP contribution in [-0.2, 0) is 4.74 Å². The summed E-state index contributed by atoms with van der Waals surface area (Å²) in [5.41, 5.74) is 4.75. The molecule has 15 heavy (non-hydrogen) atoms. The lowest BCUT2D eigenvalue weighted by molar-refractivity contribution is 0.171. The first-order chi connectivity index (χ1) is 6.93. The summed E-state index contributed by atoms with van der Waals surface area (Å²) in [5, 5.41) is 4.02. The zero-order chi connectivity index (χ0) is 11.5. The van der Waals surface area contributed by atoms with Crippen molar-refractivity contribution < 1.29 is 9.53 Å². The van der Waals surface area contributed by atoms with Crippen LogP contribution in [0.2, 0.25) is 0 Å². The Morgan fingerprint density at radius 2 is 2.20 bits per heavy atom. The van der Waals surface area contributed by atoms with Crippen molar-refractivity contribution in [3.8, 4) is 0 Å². The van der Waals surface area contributed by atoms with E-state index in [1.165, 1.54) is 12.7 Å². The standard InChI is InChI=1S/C11H18N2O2/c1-8-5-9(7-11(2,3)6-8)12-13-10(14)15-4/h5H,6-7H2,1-4H3,(H,13,14)/b12-9+. The van der Waals surface area contributed by atoms with Crippen molar-refractivity contribution in [2.75, 3.05) is 7.11 Å². The zero-order valence-corrected chi connectivity index (χ0v) is 9.76. The number of amides is 1. The number of carbonyl (C=O) groups is 1. The lowest BCUT2D eigenvalue weighted by Crippen LogP contribution is -2.25. The lowest BCUT2D eigenvalue weighted by atomic mass is 9.77. The van der Waals surface area contributed by atoms with Gasteiger partial charge >= 0.3 is 6.09 Å². The van der Waals surface area contributed by atoms with Gasteiger partial charge in [-0.3, -0.25) is 0 Å². The van der Waals surface area contributed by atoms with E-state index in [9.17, 15) is 4.79 Å². The van der Waals surface area contributed by atoms with Gasteiger partial charge in [0.25, 0.3) is 0 Å². The van der Waals surface area contributed by atoms with E-state index in [2.05, 4.69) is 36.0 Å². The molecule has 1 aliphatic rings. The summed E-state index contributed by atoms with van der Waals surface area (Å²) in [5.74, 6) is 0. The Morgan fingerprint density at radius 3 is 2.73 bits per heavy atom. The maximum Gasteiger partial charge on any atom is 0.427 e. The molecular formula is C11H18N2O2. The van der Waals surface area contributed by atoms with Crippen molar-refractivity contribution in [1.82, 2.24) is 5.43 Å². The molecule has 0 bridgehead atoms. The van der Waals surface area contributed by atoms with Gasteiger partial charge < -0.3 is 4.74 Å². The fraction of sp³-hybridized carbons (Fsp3) is 0.636. The van der Waals surface area contributed by atoms with Crippen LogP contribution in [0.15, 0.2) is 16.8 Å². The van der Waals surface area contributed by atoms with Crippen molar-refractivity contribution in [2.45, 2.75) is 33.6 Å². The molecule has 0 spiro atoms. The fourth-order valence-corrected chi connectivity index (χ4v) is 1.93. The highest BCUT2D eigenvalue weighted by molar-refractivity contribution is 5.97. The van der Waals surface area contributed by atoms with Gasteiger partial charge in [0.2, 0.25) is 0 Å². The number of carbonyl (C=O) groups excluding carboxylic acids is 1. The highest BCUT2D eigenvalue weighted by Gasteiger charge is 2.24. The summed E-state index contributed by atoms with van der Waals surface area (Å²) in [4.78, 5) is 10.8. The minimum Gasteiger partial charge on any atom is -0.452 e. The van der Waals surface area contributed by atoms with E-state index in [1.807, 2.05) is 6.08 Å². The SMILES string of the molecule is COC(=O)N/N=C1\C=C(C)CC(C)(C)C1. The Bertz CT molecular complexity index is 317. The Hall–Kier alpha value is -1.32. The Labute approximate surface area is 90.4 Å². The second kappa shape index (κ2) is 4.47. The van der Waals surface area contributed by atoms with E-state index in [1.54, 1.807) is 0 Å². The summed E-state index contributed by atoms with van der Waals surface area (Å²) in [6, 6.07) is 0. The number of nitrogens with one attached hydrogen (secondary N) is 1. The molecule has 1 amide bonds. The molecule has 0 aliphatic heterocycles. The molecule has 84 valence electrons. The predicted molar refractivity (Wildman–Crippen MR) is 59.7 cm³/mol. The van der Waals surface area contributed by atoms with E-state index in [0.717, 1.165) is 18.6 Å². The van der Waals surface area contributed by atoms with Crippen LogP contribution in [0.4, 0.5) is 4.79 Å². The summed E-state index contributed by atoms with van der Waals surface area (Å²) < 4.78 is 4.44. The molecule has 0 heterocycles. The number of ether oxygens (including phenoxy) is 1. The Balaban J connectivity index is 2.70. The summed E-state index contributed by atoms with van der Waals surface area (Å²) in [6.45, 7) is 6.46. The maximum absolute atomic E-state index is 10.8. The first kappa shape index (κ1) is 11.8. The summed E-state index contributed by atoms with van der Waals surface area (Å²) >= 11 is 0. The Morgan fingerprint density at radius 1 is 1.53 bits per heavy atom. The predicted octanol–water partition coefficient (Wildman–Crippen LogP) is 2.46. The van der Waals surface area contributed by atoms with Gasteiger partial charge in [0.1, 0.15) is 0 Å². The molecule has 0 fully saturated rings. The first-order valence-electron chi connectivity index (χ1n) is 5.01. The molecule has 4 nitrogen and oxygen atoms in total. The van der Waals surface area contributed by atoms with Gasteiger partial charge in [-0.1, -0.05) is 19.4 Å². The third-order valence-electron chi connectivity index (χ3n) is 2.31. The van der Waals surface area contributed by atoms with Crippen LogP contribution in [0.1, 0.15) is 33.6 Å². The molecule has 4 heteroatoms. The summed E-state index contributed by atoms with van der Waals surface area (Å²) in [6.07, 6.45) is 3.43. The normalized spacial score (nSPS) is 22.1. The molecule has 1 rings (SSSR count).